The van der Waals surface area contributed by atoms with Crippen molar-refractivity contribution in [2.45, 2.75) is 6.10 Å². The summed E-state index contributed by atoms with van der Waals surface area (Å²) in [6, 6.07) is 10.5. The fraction of sp³-hybridized carbons (Fsp3) is 0.143. The average Bonchev–Trinajstić information content (AvgIpc) is 2.47. The fourth-order valence-electron chi connectivity index (χ4n) is 1.71. The van der Waals surface area contributed by atoms with E-state index < -0.39 is 12.0 Å². The number of aliphatic hydroxyl groups excluding tert-OH is 1. The molecule has 0 bridgehead atoms. The average molecular weight is 292 g/mol. The molecule has 20 heavy (non-hydrogen) atoms. The van der Waals surface area contributed by atoms with E-state index in [1.165, 1.54) is 12.3 Å². The van der Waals surface area contributed by atoms with E-state index in [4.69, 9.17) is 17.3 Å². The third-order valence-corrected chi connectivity index (χ3v) is 2.99. The topological polar surface area (TPSA) is 88.2 Å². The van der Waals surface area contributed by atoms with Crippen LogP contribution in [0.15, 0.2) is 42.6 Å². The molecular formula is C14H14ClN3O2. The number of nitrogens with one attached hydrogen (secondary N) is 1. The molecule has 1 aromatic heterocycles. The number of aliphatic hydroxyl groups is 1. The molecule has 1 amide bonds. The summed E-state index contributed by atoms with van der Waals surface area (Å²) in [5.74, 6) is -0.401. The number of nitrogens with zero attached hydrogens (tertiary/aromatic N) is 1. The molecule has 2 aromatic rings. The van der Waals surface area contributed by atoms with Gasteiger partial charge in [-0.05, 0) is 11.6 Å². The molecule has 0 aliphatic heterocycles. The third-order valence-electron chi connectivity index (χ3n) is 2.79. The molecule has 104 valence electrons. The quantitative estimate of drug-likeness (QED) is 0.749. The largest absolute Gasteiger partial charge is 0.397 e. The molecule has 0 aliphatic carbocycles. The van der Waals surface area contributed by atoms with Crippen LogP contribution in [0.1, 0.15) is 22.0 Å². The van der Waals surface area contributed by atoms with Crippen molar-refractivity contribution >= 4 is 23.2 Å². The maximum absolute atomic E-state index is 12.0. The van der Waals surface area contributed by atoms with Gasteiger partial charge in [0.1, 0.15) is 5.15 Å². The highest BCUT2D eigenvalue weighted by Gasteiger charge is 2.13. The van der Waals surface area contributed by atoms with Crippen LogP contribution in [0, 0.1) is 0 Å². The van der Waals surface area contributed by atoms with Crippen molar-refractivity contribution in [1.82, 2.24) is 10.3 Å². The van der Waals surface area contributed by atoms with Gasteiger partial charge in [0.2, 0.25) is 0 Å². The molecule has 0 saturated carbocycles. The van der Waals surface area contributed by atoms with Gasteiger partial charge in [-0.2, -0.15) is 0 Å². The second-order valence-electron chi connectivity index (χ2n) is 4.23. The molecule has 0 saturated heterocycles. The third kappa shape index (κ3) is 3.46. The van der Waals surface area contributed by atoms with E-state index in [0.717, 1.165) is 5.56 Å². The Morgan fingerprint density at radius 1 is 1.40 bits per heavy atom. The molecule has 0 aliphatic rings. The van der Waals surface area contributed by atoms with Gasteiger partial charge in [0.15, 0.2) is 0 Å². The molecule has 2 rings (SSSR count). The first kappa shape index (κ1) is 14.3. The molecule has 0 radical (unpaired) electrons. The molecule has 5 nitrogen and oxygen atoms in total. The molecule has 1 atom stereocenters. The Balaban J connectivity index is 2.00. The highest BCUT2D eigenvalue weighted by atomic mass is 35.5. The Kier molecular flexibility index (Phi) is 4.55. The Labute approximate surface area is 121 Å². The maximum atomic E-state index is 12.0. The number of benzene rings is 1. The van der Waals surface area contributed by atoms with Crippen molar-refractivity contribution in [3.8, 4) is 0 Å². The summed E-state index contributed by atoms with van der Waals surface area (Å²) >= 11 is 5.72. The number of amides is 1. The second kappa shape index (κ2) is 6.36. The number of carbonyl (C=O) groups excluding carboxylic acids is 1. The van der Waals surface area contributed by atoms with Gasteiger partial charge in [0.25, 0.3) is 5.91 Å². The van der Waals surface area contributed by atoms with Crippen LogP contribution in [0.5, 0.6) is 0 Å². The van der Waals surface area contributed by atoms with Gasteiger partial charge in [0.05, 0.1) is 23.6 Å². The smallest absolute Gasteiger partial charge is 0.253 e. The Bertz CT molecular complexity index is 605. The number of carbonyl (C=O) groups is 1. The number of pyridine rings is 1. The van der Waals surface area contributed by atoms with Crippen LogP contribution in [0.3, 0.4) is 0 Å². The first-order valence-electron chi connectivity index (χ1n) is 6.00. The van der Waals surface area contributed by atoms with Crippen molar-refractivity contribution in [1.29, 1.82) is 0 Å². The van der Waals surface area contributed by atoms with E-state index in [-0.39, 0.29) is 22.9 Å². The zero-order valence-corrected chi connectivity index (χ0v) is 11.3. The van der Waals surface area contributed by atoms with E-state index in [2.05, 4.69) is 10.3 Å². The lowest BCUT2D eigenvalue weighted by Gasteiger charge is -2.13. The first-order chi connectivity index (χ1) is 9.58. The van der Waals surface area contributed by atoms with Crippen LogP contribution in [0.2, 0.25) is 5.15 Å². The minimum absolute atomic E-state index is 0.0855. The lowest BCUT2D eigenvalue weighted by Crippen LogP contribution is -2.29. The first-order valence-corrected chi connectivity index (χ1v) is 6.38. The normalized spacial score (nSPS) is 11.9. The molecule has 1 aromatic carbocycles. The van der Waals surface area contributed by atoms with E-state index in [9.17, 15) is 9.90 Å². The number of rotatable bonds is 4. The van der Waals surface area contributed by atoms with Crippen molar-refractivity contribution in [3.63, 3.8) is 0 Å². The van der Waals surface area contributed by atoms with E-state index >= 15 is 0 Å². The summed E-state index contributed by atoms with van der Waals surface area (Å²) in [6.07, 6.45) is 0.545. The minimum Gasteiger partial charge on any atom is -0.397 e. The molecular weight excluding hydrogens is 278 g/mol. The molecule has 6 heteroatoms. The predicted octanol–water partition coefficient (Wildman–Crippen LogP) is 1.78. The standard InChI is InChI=1S/C14H14ClN3O2/c15-13-6-10(11(16)7-17-13)14(20)18-8-12(19)9-4-2-1-3-5-9/h1-7,12,19H,8,16H2,(H,18,20). The van der Waals surface area contributed by atoms with Gasteiger partial charge in [-0.1, -0.05) is 41.9 Å². The summed E-state index contributed by atoms with van der Waals surface area (Å²) < 4.78 is 0. The van der Waals surface area contributed by atoms with Crippen molar-refractivity contribution in [2.75, 3.05) is 12.3 Å². The maximum Gasteiger partial charge on any atom is 0.253 e. The molecule has 1 heterocycles. The number of nitrogen functional groups attached to an aromatic ring is 1. The van der Waals surface area contributed by atoms with Gasteiger partial charge in [-0.3, -0.25) is 4.79 Å². The van der Waals surface area contributed by atoms with Crippen LogP contribution in [0.4, 0.5) is 5.69 Å². The number of nitrogens with two attached hydrogens (primary N) is 1. The summed E-state index contributed by atoms with van der Waals surface area (Å²) in [5, 5.41) is 12.8. The molecule has 1 unspecified atom stereocenters. The van der Waals surface area contributed by atoms with Crippen LogP contribution in [-0.2, 0) is 0 Å². The predicted molar refractivity (Wildman–Crippen MR) is 77.4 cm³/mol. The van der Waals surface area contributed by atoms with E-state index in [1.807, 2.05) is 18.2 Å². The monoisotopic (exact) mass is 291 g/mol. The van der Waals surface area contributed by atoms with Crippen LogP contribution in [-0.4, -0.2) is 22.5 Å². The minimum atomic E-state index is -0.779. The van der Waals surface area contributed by atoms with Gasteiger partial charge in [-0.25, -0.2) is 4.98 Å². The van der Waals surface area contributed by atoms with E-state index in [0.29, 0.717) is 0 Å². The summed E-state index contributed by atoms with van der Waals surface area (Å²) in [7, 11) is 0. The lowest BCUT2D eigenvalue weighted by atomic mass is 10.1. The van der Waals surface area contributed by atoms with Crippen LogP contribution in [0.25, 0.3) is 0 Å². The number of halogens is 1. The second-order valence-corrected chi connectivity index (χ2v) is 4.62. The Morgan fingerprint density at radius 2 is 2.10 bits per heavy atom. The van der Waals surface area contributed by atoms with Crippen molar-refractivity contribution < 1.29 is 9.90 Å². The summed E-state index contributed by atoms with van der Waals surface area (Å²) in [6.45, 7) is 0.0855. The highest BCUT2D eigenvalue weighted by Crippen LogP contribution is 2.15. The zero-order valence-electron chi connectivity index (χ0n) is 10.6. The zero-order chi connectivity index (χ0) is 14.5. The van der Waals surface area contributed by atoms with Gasteiger partial charge in [0, 0.05) is 6.54 Å². The van der Waals surface area contributed by atoms with Crippen LogP contribution >= 0.6 is 11.6 Å². The number of hydrogen-bond acceptors (Lipinski definition) is 4. The Hall–Kier alpha value is -2.11. The van der Waals surface area contributed by atoms with Crippen molar-refractivity contribution in [2.24, 2.45) is 0 Å². The fourth-order valence-corrected chi connectivity index (χ4v) is 1.87. The number of anilines is 1. The number of aromatic nitrogens is 1. The van der Waals surface area contributed by atoms with Gasteiger partial charge >= 0.3 is 0 Å². The van der Waals surface area contributed by atoms with Gasteiger partial charge in [-0.15, -0.1) is 0 Å². The molecule has 0 spiro atoms. The SMILES string of the molecule is Nc1cnc(Cl)cc1C(=O)NCC(O)c1ccccc1. The lowest BCUT2D eigenvalue weighted by molar-refractivity contribution is 0.0917. The van der Waals surface area contributed by atoms with Gasteiger partial charge < -0.3 is 16.2 Å². The Morgan fingerprint density at radius 3 is 2.80 bits per heavy atom. The number of hydrogen-bond donors (Lipinski definition) is 3. The van der Waals surface area contributed by atoms with Crippen molar-refractivity contribution in [3.05, 3.63) is 58.9 Å². The van der Waals surface area contributed by atoms with E-state index in [1.54, 1.807) is 12.1 Å². The molecule has 4 N–H and O–H groups in total. The summed E-state index contributed by atoms with van der Waals surface area (Å²) in [5.41, 5.74) is 6.87. The molecule has 0 fully saturated rings. The van der Waals surface area contributed by atoms with Crippen LogP contribution < -0.4 is 11.1 Å². The summed E-state index contributed by atoms with van der Waals surface area (Å²) in [4.78, 5) is 15.7. The highest BCUT2D eigenvalue weighted by molar-refractivity contribution is 6.29.